The van der Waals surface area contributed by atoms with Gasteiger partial charge in [0.2, 0.25) is 0 Å². The molecule has 1 aromatic heterocycles. The zero-order valence-corrected chi connectivity index (χ0v) is 20.8. The van der Waals surface area contributed by atoms with Gasteiger partial charge < -0.3 is 25.2 Å². The summed E-state index contributed by atoms with van der Waals surface area (Å²) in [5.41, 5.74) is 3.60. The standard InChI is InChI=1S/C27H29FN6O3/c1-3-29-27(36)30-21-10-6-18(7-11-21)24-31-23-15-33(26(35)19-4-8-20(28)9-5-19)14-22(23)25(32-24)34-12-13-37-16-17(34)2/h4-11,17H,3,12-16H2,1-2H3,(H2,29,30,36). The van der Waals surface area contributed by atoms with Gasteiger partial charge in [-0.1, -0.05) is 0 Å². The van der Waals surface area contributed by atoms with E-state index in [0.717, 1.165) is 22.6 Å². The van der Waals surface area contributed by atoms with E-state index < -0.39 is 0 Å². The van der Waals surface area contributed by atoms with Gasteiger partial charge in [0.15, 0.2) is 5.82 Å². The van der Waals surface area contributed by atoms with Crippen LogP contribution in [0.25, 0.3) is 11.4 Å². The molecule has 3 amide bonds. The minimum absolute atomic E-state index is 0.117. The molecule has 1 unspecified atom stereocenters. The van der Waals surface area contributed by atoms with Crippen molar-refractivity contribution in [1.29, 1.82) is 0 Å². The van der Waals surface area contributed by atoms with Crippen molar-refractivity contribution in [3.05, 3.63) is 71.2 Å². The van der Waals surface area contributed by atoms with E-state index in [0.29, 0.717) is 56.5 Å². The number of nitrogens with zero attached hydrogens (tertiary/aromatic N) is 4. The molecule has 0 bridgehead atoms. The number of carbonyl (C=O) groups excluding carboxylic acids is 2. The first-order chi connectivity index (χ1) is 17.9. The number of nitrogens with one attached hydrogen (secondary N) is 2. The molecule has 1 fully saturated rings. The highest BCUT2D eigenvalue weighted by Crippen LogP contribution is 2.34. The smallest absolute Gasteiger partial charge is 0.319 e. The fourth-order valence-electron chi connectivity index (χ4n) is 4.60. The Morgan fingerprint density at radius 2 is 1.84 bits per heavy atom. The monoisotopic (exact) mass is 504 g/mol. The lowest BCUT2D eigenvalue weighted by Crippen LogP contribution is -2.44. The summed E-state index contributed by atoms with van der Waals surface area (Å²) in [6.45, 7) is 7.07. The Morgan fingerprint density at radius 3 is 2.54 bits per heavy atom. The summed E-state index contributed by atoms with van der Waals surface area (Å²) < 4.78 is 19.0. The first kappa shape index (κ1) is 24.6. The van der Waals surface area contributed by atoms with Crippen LogP contribution in [0.3, 0.4) is 0 Å². The van der Waals surface area contributed by atoms with Crippen LogP contribution in [-0.2, 0) is 17.8 Å². The van der Waals surface area contributed by atoms with Crippen molar-refractivity contribution in [1.82, 2.24) is 20.2 Å². The molecule has 10 heteroatoms. The average Bonchev–Trinajstić information content (AvgIpc) is 3.33. The van der Waals surface area contributed by atoms with Crippen molar-refractivity contribution < 1.29 is 18.7 Å². The van der Waals surface area contributed by atoms with E-state index in [1.807, 2.05) is 31.2 Å². The minimum Gasteiger partial charge on any atom is -0.377 e. The number of rotatable bonds is 5. The summed E-state index contributed by atoms with van der Waals surface area (Å²) in [4.78, 5) is 38.8. The first-order valence-corrected chi connectivity index (χ1v) is 12.4. The van der Waals surface area contributed by atoms with Crippen molar-refractivity contribution in [3.63, 3.8) is 0 Å². The summed E-state index contributed by atoms with van der Waals surface area (Å²) in [5.74, 6) is 0.789. The number of morpholine rings is 1. The van der Waals surface area contributed by atoms with Crippen molar-refractivity contribution in [3.8, 4) is 11.4 Å². The van der Waals surface area contributed by atoms with E-state index in [4.69, 9.17) is 14.7 Å². The highest BCUT2D eigenvalue weighted by atomic mass is 19.1. The number of hydrogen-bond donors (Lipinski definition) is 2. The fourth-order valence-corrected chi connectivity index (χ4v) is 4.60. The van der Waals surface area contributed by atoms with E-state index >= 15 is 0 Å². The van der Waals surface area contributed by atoms with Crippen molar-refractivity contribution in [2.75, 3.05) is 36.5 Å². The number of anilines is 2. The maximum Gasteiger partial charge on any atom is 0.319 e. The van der Waals surface area contributed by atoms with Crippen LogP contribution < -0.4 is 15.5 Å². The molecule has 0 spiro atoms. The molecule has 37 heavy (non-hydrogen) atoms. The third-order valence-electron chi connectivity index (χ3n) is 6.52. The second-order valence-corrected chi connectivity index (χ2v) is 9.14. The summed E-state index contributed by atoms with van der Waals surface area (Å²) in [6, 6.07) is 12.8. The summed E-state index contributed by atoms with van der Waals surface area (Å²) in [7, 11) is 0. The number of urea groups is 1. The van der Waals surface area contributed by atoms with Crippen LogP contribution >= 0.6 is 0 Å². The molecule has 0 saturated carbocycles. The molecule has 192 valence electrons. The van der Waals surface area contributed by atoms with Gasteiger partial charge in [-0.3, -0.25) is 4.79 Å². The summed E-state index contributed by atoms with van der Waals surface area (Å²) in [6.07, 6.45) is 0. The fraction of sp³-hybridized carbons (Fsp3) is 0.333. The predicted octanol–water partition coefficient (Wildman–Crippen LogP) is 3.81. The van der Waals surface area contributed by atoms with Crippen LogP contribution in [0.1, 0.15) is 35.5 Å². The van der Waals surface area contributed by atoms with Gasteiger partial charge in [0.25, 0.3) is 5.91 Å². The van der Waals surface area contributed by atoms with E-state index in [1.54, 1.807) is 4.90 Å². The van der Waals surface area contributed by atoms with E-state index in [2.05, 4.69) is 22.5 Å². The second-order valence-electron chi connectivity index (χ2n) is 9.14. The van der Waals surface area contributed by atoms with Crippen LogP contribution in [0.5, 0.6) is 0 Å². The van der Waals surface area contributed by atoms with Crippen molar-refractivity contribution in [2.45, 2.75) is 33.0 Å². The minimum atomic E-state index is -0.382. The molecule has 3 aromatic rings. The van der Waals surface area contributed by atoms with Gasteiger partial charge >= 0.3 is 6.03 Å². The highest BCUT2D eigenvalue weighted by Gasteiger charge is 2.33. The number of hydrogen-bond acceptors (Lipinski definition) is 6. The molecule has 2 N–H and O–H groups in total. The number of amides is 3. The number of fused-ring (bicyclic) bond motifs is 1. The van der Waals surface area contributed by atoms with Crippen LogP contribution in [0.2, 0.25) is 0 Å². The number of carbonyl (C=O) groups is 2. The lowest BCUT2D eigenvalue weighted by Gasteiger charge is -2.35. The van der Waals surface area contributed by atoms with Gasteiger partial charge in [-0.25, -0.2) is 19.2 Å². The van der Waals surface area contributed by atoms with Crippen molar-refractivity contribution in [2.24, 2.45) is 0 Å². The largest absolute Gasteiger partial charge is 0.377 e. The SMILES string of the molecule is CCNC(=O)Nc1ccc(-c2nc3c(c(N4CCOCC4C)n2)CN(C(=O)c2ccc(F)cc2)C3)cc1. The Kier molecular flexibility index (Phi) is 7.00. The molecule has 0 aliphatic carbocycles. The predicted molar refractivity (Wildman–Crippen MR) is 138 cm³/mol. The molecule has 2 aliphatic heterocycles. The zero-order chi connectivity index (χ0) is 25.9. The molecule has 0 radical (unpaired) electrons. The number of halogens is 1. The quantitative estimate of drug-likeness (QED) is 0.548. The van der Waals surface area contributed by atoms with Gasteiger partial charge in [-0.2, -0.15) is 0 Å². The summed E-state index contributed by atoms with van der Waals surface area (Å²) >= 11 is 0. The van der Waals surface area contributed by atoms with Crippen LogP contribution in [0.15, 0.2) is 48.5 Å². The number of ether oxygens (including phenoxy) is 1. The van der Waals surface area contributed by atoms with Crippen LogP contribution in [0, 0.1) is 5.82 Å². The van der Waals surface area contributed by atoms with E-state index in [9.17, 15) is 14.0 Å². The molecule has 1 atom stereocenters. The first-order valence-electron chi connectivity index (χ1n) is 12.4. The van der Waals surface area contributed by atoms with Crippen LogP contribution in [-0.4, -0.2) is 59.2 Å². The summed E-state index contributed by atoms with van der Waals surface area (Å²) in [5, 5.41) is 5.49. The maximum absolute atomic E-state index is 13.4. The van der Waals surface area contributed by atoms with Crippen molar-refractivity contribution >= 4 is 23.4 Å². The van der Waals surface area contributed by atoms with E-state index in [1.165, 1.54) is 24.3 Å². The zero-order valence-electron chi connectivity index (χ0n) is 20.8. The second kappa shape index (κ2) is 10.5. The Morgan fingerprint density at radius 1 is 1.08 bits per heavy atom. The normalized spacial score (nSPS) is 16.9. The van der Waals surface area contributed by atoms with Gasteiger partial charge in [0, 0.05) is 35.5 Å². The Bertz CT molecular complexity index is 1300. The van der Waals surface area contributed by atoms with Gasteiger partial charge in [-0.05, 0) is 62.4 Å². The van der Waals surface area contributed by atoms with Crippen LogP contribution in [0.4, 0.5) is 20.7 Å². The third kappa shape index (κ3) is 5.24. The van der Waals surface area contributed by atoms with E-state index in [-0.39, 0.29) is 23.8 Å². The number of aromatic nitrogens is 2. The molecule has 2 aliphatic rings. The Balaban J connectivity index is 1.47. The number of benzene rings is 2. The highest BCUT2D eigenvalue weighted by molar-refractivity contribution is 5.94. The average molecular weight is 505 g/mol. The molecule has 9 nitrogen and oxygen atoms in total. The van der Waals surface area contributed by atoms with Gasteiger partial charge in [0.1, 0.15) is 11.6 Å². The molecule has 1 saturated heterocycles. The maximum atomic E-state index is 13.4. The van der Waals surface area contributed by atoms with Gasteiger partial charge in [0.05, 0.1) is 38.0 Å². The molecule has 3 heterocycles. The lowest BCUT2D eigenvalue weighted by atomic mass is 10.1. The molecular formula is C27H29FN6O3. The molecular weight excluding hydrogens is 475 g/mol. The topological polar surface area (TPSA) is 99.7 Å². The van der Waals surface area contributed by atoms with Gasteiger partial charge in [-0.15, -0.1) is 0 Å². The Hall–Kier alpha value is -4.05. The third-order valence-corrected chi connectivity index (χ3v) is 6.52. The molecule has 2 aromatic carbocycles. The Labute approximate surface area is 214 Å². The molecule has 5 rings (SSSR count). The lowest BCUT2D eigenvalue weighted by molar-refractivity contribution is 0.0750.